The van der Waals surface area contributed by atoms with Gasteiger partial charge in [0.1, 0.15) is 12.4 Å². The molecule has 0 radical (unpaired) electrons. The smallest absolute Gasteiger partial charge is 0.119 e. The van der Waals surface area contributed by atoms with Gasteiger partial charge in [-0.3, -0.25) is 0 Å². The van der Waals surface area contributed by atoms with Crippen LogP contribution in [0.25, 0.3) is 0 Å². The van der Waals surface area contributed by atoms with Gasteiger partial charge in [-0.15, -0.1) is 0 Å². The molecular weight excluding hydrogens is 238 g/mol. The van der Waals surface area contributed by atoms with Crippen LogP contribution in [0.5, 0.6) is 5.75 Å². The van der Waals surface area contributed by atoms with Crippen molar-refractivity contribution in [1.29, 1.82) is 0 Å². The summed E-state index contributed by atoms with van der Waals surface area (Å²) in [4.78, 5) is 0. The van der Waals surface area contributed by atoms with E-state index in [0.717, 1.165) is 31.8 Å². The number of hydrogen-bond donors (Lipinski definition) is 1. The second-order valence-corrected chi connectivity index (χ2v) is 5.48. The van der Waals surface area contributed by atoms with Crippen LogP contribution in [-0.2, 0) is 4.74 Å². The minimum atomic E-state index is 0.0664. The van der Waals surface area contributed by atoms with Crippen molar-refractivity contribution in [2.24, 2.45) is 11.7 Å². The summed E-state index contributed by atoms with van der Waals surface area (Å²) in [5.74, 6) is 1.95. The van der Waals surface area contributed by atoms with Crippen LogP contribution in [0.15, 0.2) is 24.3 Å². The molecule has 3 nitrogen and oxygen atoms in total. The van der Waals surface area contributed by atoms with Gasteiger partial charge in [-0.25, -0.2) is 0 Å². The van der Waals surface area contributed by atoms with Crippen molar-refractivity contribution in [2.75, 3.05) is 19.8 Å². The molecular formula is C16H25NO2. The topological polar surface area (TPSA) is 44.5 Å². The molecule has 1 saturated heterocycles. The molecule has 1 aliphatic rings. The largest absolute Gasteiger partial charge is 0.492 e. The first-order valence-electron chi connectivity index (χ1n) is 7.26. The SMILES string of the molecule is CCC(C)c1ccc(OCC(N)C2CCOC2)cc1. The number of ether oxygens (including phenoxy) is 2. The van der Waals surface area contributed by atoms with Crippen molar-refractivity contribution in [3.05, 3.63) is 29.8 Å². The molecule has 1 aromatic rings. The molecule has 1 fully saturated rings. The number of nitrogens with two attached hydrogens (primary N) is 1. The van der Waals surface area contributed by atoms with Crippen LogP contribution < -0.4 is 10.5 Å². The van der Waals surface area contributed by atoms with E-state index >= 15 is 0 Å². The molecule has 1 heterocycles. The zero-order valence-corrected chi connectivity index (χ0v) is 12.0. The van der Waals surface area contributed by atoms with Crippen molar-refractivity contribution in [3.8, 4) is 5.75 Å². The standard InChI is InChI=1S/C16H25NO2/c1-3-12(2)13-4-6-15(7-5-13)19-11-16(17)14-8-9-18-10-14/h4-7,12,14,16H,3,8-11,17H2,1-2H3. The molecule has 19 heavy (non-hydrogen) atoms. The Balaban J connectivity index is 1.82. The summed E-state index contributed by atoms with van der Waals surface area (Å²) < 4.78 is 11.1. The molecule has 0 spiro atoms. The summed E-state index contributed by atoms with van der Waals surface area (Å²) in [5, 5.41) is 0. The highest BCUT2D eigenvalue weighted by Gasteiger charge is 2.23. The Labute approximate surface area is 116 Å². The monoisotopic (exact) mass is 263 g/mol. The van der Waals surface area contributed by atoms with Crippen LogP contribution in [0.2, 0.25) is 0 Å². The van der Waals surface area contributed by atoms with Gasteiger partial charge in [-0.2, -0.15) is 0 Å². The Hall–Kier alpha value is -1.06. The molecule has 1 aromatic carbocycles. The maximum Gasteiger partial charge on any atom is 0.119 e. The third kappa shape index (κ3) is 3.95. The van der Waals surface area contributed by atoms with E-state index in [1.165, 1.54) is 5.56 Å². The predicted octanol–water partition coefficient (Wildman–Crippen LogP) is 2.94. The minimum absolute atomic E-state index is 0.0664. The molecule has 0 bridgehead atoms. The highest BCUT2D eigenvalue weighted by atomic mass is 16.5. The predicted molar refractivity (Wildman–Crippen MR) is 77.5 cm³/mol. The van der Waals surface area contributed by atoms with E-state index in [1.54, 1.807) is 0 Å². The summed E-state index contributed by atoms with van der Waals surface area (Å²) >= 11 is 0. The second kappa shape index (κ2) is 6.92. The van der Waals surface area contributed by atoms with Gasteiger partial charge < -0.3 is 15.2 Å². The lowest BCUT2D eigenvalue weighted by Crippen LogP contribution is -2.36. The zero-order valence-electron chi connectivity index (χ0n) is 12.0. The van der Waals surface area contributed by atoms with Gasteiger partial charge >= 0.3 is 0 Å². The third-order valence-corrected chi connectivity index (χ3v) is 4.07. The molecule has 106 valence electrons. The first-order valence-corrected chi connectivity index (χ1v) is 7.26. The Morgan fingerprint density at radius 1 is 1.37 bits per heavy atom. The summed E-state index contributed by atoms with van der Waals surface area (Å²) in [6.45, 7) is 6.62. The fourth-order valence-electron chi connectivity index (χ4n) is 2.35. The summed E-state index contributed by atoms with van der Waals surface area (Å²) in [5.41, 5.74) is 7.49. The molecule has 0 saturated carbocycles. The molecule has 2 rings (SSSR count). The maximum atomic E-state index is 6.12. The first-order chi connectivity index (χ1) is 9.20. The Bertz CT molecular complexity index is 371. The highest BCUT2D eigenvalue weighted by Crippen LogP contribution is 2.22. The van der Waals surface area contributed by atoms with Gasteiger partial charge in [0.05, 0.1) is 6.61 Å². The Morgan fingerprint density at radius 3 is 2.68 bits per heavy atom. The summed E-state index contributed by atoms with van der Waals surface area (Å²) in [7, 11) is 0. The highest BCUT2D eigenvalue weighted by molar-refractivity contribution is 5.29. The maximum absolute atomic E-state index is 6.12. The van der Waals surface area contributed by atoms with Gasteiger partial charge in [0.15, 0.2) is 0 Å². The van der Waals surface area contributed by atoms with Gasteiger partial charge in [-0.1, -0.05) is 26.0 Å². The van der Waals surface area contributed by atoms with Crippen LogP contribution in [0, 0.1) is 5.92 Å². The van der Waals surface area contributed by atoms with Crippen molar-refractivity contribution in [3.63, 3.8) is 0 Å². The van der Waals surface area contributed by atoms with E-state index in [2.05, 4.69) is 26.0 Å². The van der Waals surface area contributed by atoms with Gasteiger partial charge in [0, 0.05) is 18.6 Å². The lowest BCUT2D eigenvalue weighted by Gasteiger charge is -2.18. The quantitative estimate of drug-likeness (QED) is 0.858. The molecule has 0 aromatic heterocycles. The normalized spacial score (nSPS) is 22.2. The van der Waals surface area contributed by atoms with Crippen LogP contribution in [0.3, 0.4) is 0 Å². The van der Waals surface area contributed by atoms with E-state index in [4.69, 9.17) is 15.2 Å². The van der Waals surface area contributed by atoms with Gasteiger partial charge in [-0.05, 0) is 36.5 Å². The van der Waals surface area contributed by atoms with Crippen molar-refractivity contribution in [1.82, 2.24) is 0 Å². The fraction of sp³-hybridized carbons (Fsp3) is 0.625. The van der Waals surface area contributed by atoms with Crippen molar-refractivity contribution < 1.29 is 9.47 Å². The molecule has 3 heteroatoms. The van der Waals surface area contributed by atoms with Crippen LogP contribution >= 0.6 is 0 Å². The molecule has 3 unspecified atom stereocenters. The molecule has 0 aliphatic carbocycles. The van der Waals surface area contributed by atoms with E-state index in [-0.39, 0.29) is 6.04 Å². The second-order valence-electron chi connectivity index (χ2n) is 5.48. The first kappa shape index (κ1) is 14.4. The van der Waals surface area contributed by atoms with Crippen molar-refractivity contribution >= 4 is 0 Å². The van der Waals surface area contributed by atoms with Crippen LogP contribution in [0.4, 0.5) is 0 Å². The average molecular weight is 263 g/mol. The molecule has 1 aliphatic heterocycles. The molecule has 0 amide bonds. The number of benzene rings is 1. The molecule has 2 N–H and O–H groups in total. The fourth-order valence-corrected chi connectivity index (χ4v) is 2.35. The van der Waals surface area contributed by atoms with E-state index in [9.17, 15) is 0 Å². The van der Waals surface area contributed by atoms with Gasteiger partial charge in [0.2, 0.25) is 0 Å². The van der Waals surface area contributed by atoms with Gasteiger partial charge in [0.25, 0.3) is 0 Å². The van der Waals surface area contributed by atoms with Crippen molar-refractivity contribution in [2.45, 2.75) is 38.6 Å². The zero-order chi connectivity index (χ0) is 13.7. The summed E-state index contributed by atoms with van der Waals surface area (Å²) in [6, 6.07) is 8.44. The summed E-state index contributed by atoms with van der Waals surface area (Å²) in [6.07, 6.45) is 2.21. The van der Waals surface area contributed by atoms with E-state index in [0.29, 0.717) is 18.4 Å². The van der Waals surface area contributed by atoms with Crippen LogP contribution in [0.1, 0.15) is 38.2 Å². The average Bonchev–Trinajstić information content (AvgIpc) is 2.98. The lowest BCUT2D eigenvalue weighted by molar-refractivity contribution is 0.170. The Morgan fingerprint density at radius 2 is 2.11 bits per heavy atom. The number of hydrogen-bond acceptors (Lipinski definition) is 3. The lowest BCUT2D eigenvalue weighted by atomic mass is 9.99. The number of rotatable bonds is 6. The minimum Gasteiger partial charge on any atom is -0.492 e. The third-order valence-electron chi connectivity index (χ3n) is 4.07. The van der Waals surface area contributed by atoms with E-state index < -0.39 is 0 Å². The van der Waals surface area contributed by atoms with Crippen LogP contribution in [-0.4, -0.2) is 25.9 Å². The Kier molecular flexibility index (Phi) is 5.23. The van der Waals surface area contributed by atoms with E-state index in [1.807, 2.05) is 12.1 Å². The molecule has 3 atom stereocenters.